The first-order valence-electron chi connectivity index (χ1n) is 7.98. The highest BCUT2D eigenvalue weighted by molar-refractivity contribution is 6.34. The number of halogens is 3. The zero-order valence-electron chi connectivity index (χ0n) is 12.3. The fraction of sp³-hybridized carbons (Fsp3) is 0.667. The fourth-order valence-electron chi connectivity index (χ4n) is 6.13. The summed E-state index contributed by atoms with van der Waals surface area (Å²) in [7, 11) is 0. The van der Waals surface area contributed by atoms with E-state index in [1.54, 1.807) is 0 Å². The molecule has 1 aromatic rings. The minimum atomic E-state index is -0.00563. The van der Waals surface area contributed by atoms with Crippen molar-refractivity contribution in [1.82, 2.24) is 0 Å². The van der Waals surface area contributed by atoms with Gasteiger partial charge in [0.1, 0.15) is 0 Å². The van der Waals surface area contributed by atoms with Crippen LogP contribution in [0.3, 0.4) is 0 Å². The van der Waals surface area contributed by atoms with E-state index in [4.69, 9.17) is 34.8 Å². The topological polar surface area (TPSA) is 0 Å². The van der Waals surface area contributed by atoms with Crippen LogP contribution in [-0.2, 0) is 0 Å². The van der Waals surface area contributed by atoms with E-state index in [0.717, 1.165) is 27.4 Å². The Balaban J connectivity index is 1.73. The van der Waals surface area contributed by atoms with Gasteiger partial charge >= 0.3 is 0 Å². The molecule has 21 heavy (non-hydrogen) atoms. The Hall–Kier alpha value is 0.0900. The van der Waals surface area contributed by atoms with Gasteiger partial charge in [-0.15, -0.1) is 11.6 Å². The summed E-state index contributed by atoms with van der Waals surface area (Å²) < 4.78 is 0. The highest BCUT2D eigenvalue weighted by atomic mass is 35.5. The second-order valence-corrected chi connectivity index (χ2v) is 9.44. The van der Waals surface area contributed by atoms with Crippen LogP contribution >= 0.6 is 34.8 Å². The molecular weight excluding hydrogens is 323 g/mol. The lowest BCUT2D eigenvalue weighted by atomic mass is 9.43. The van der Waals surface area contributed by atoms with Gasteiger partial charge in [0.25, 0.3) is 0 Å². The Morgan fingerprint density at radius 3 is 2.38 bits per heavy atom. The van der Waals surface area contributed by atoms with Crippen LogP contribution in [0.2, 0.25) is 10.0 Å². The molecule has 3 atom stereocenters. The van der Waals surface area contributed by atoms with Crippen molar-refractivity contribution in [2.75, 3.05) is 0 Å². The van der Waals surface area contributed by atoms with E-state index in [9.17, 15) is 0 Å². The number of rotatable bonds is 2. The van der Waals surface area contributed by atoms with E-state index in [2.05, 4.69) is 6.92 Å². The molecule has 5 rings (SSSR count). The molecule has 4 bridgehead atoms. The quantitative estimate of drug-likeness (QED) is 0.513. The summed E-state index contributed by atoms with van der Waals surface area (Å²) in [6.45, 7) is 2.47. The maximum absolute atomic E-state index is 7.02. The molecule has 0 nitrogen and oxygen atoms in total. The van der Waals surface area contributed by atoms with Crippen LogP contribution in [0, 0.1) is 22.7 Å². The van der Waals surface area contributed by atoms with Gasteiger partial charge in [-0.1, -0.05) is 30.1 Å². The van der Waals surface area contributed by atoms with Gasteiger partial charge in [0.2, 0.25) is 0 Å². The lowest BCUT2D eigenvalue weighted by Gasteiger charge is -2.62. The van der Waals surface area contributed by atoms with Crippen molar-refractivity contribution in [2.24, 2.45) is 22.7 Å². The van der Waals surface area contributed by atoms with Crippen LogP contribution < -0.4 is 0 Å². The average molecular weight is 344 g/mol. The smallest absolute Gasteiger partial charge is 0.0656 e. The normalized spacial score (nSPS) is 42.3. The zero-order valence-corrected chi connectivity index (χ0v) is 14.6. The first-order chi connectivity index (χ1) is 9.89. The maximum Gasteiger partial charge on any atom is 0.0656 e. The van der Waals surface area contributed by atoms with Crippen LogP contribution in [0.15, 0.2) is 18.2 Å². The van der Waals surface area contributed by atoms with Crippen molar-refractivity contribution < 1.29 is 0 Å². The second-order valence-electron chi connectivity index (χ2n) is 8.16. The summed E-state index contributed by atoms with van der Waals surface area (Å²) in [5, 5.41) is 1.49. The van der Waals surface area contributed by atoms with Gasteiger partial charge in [-0.2, -0.15) is 0 Å². The first kappa shape index (κ1) is 14.7. The zero-order chi connectivity index (χ0) is 14.8. The molecule has 4 saturated carbocycles. The number of alkyl halides is 1. The van der Waals surface area contributed by atoms with Gasteiger partial charge in [0.05, 0.1) is 5.38 Å². The molecule has 0 aliphatic heterocycles. The summed E-state index contributed by atoms with van der Waals surface area (Å²) in [5.74, 6) is 1.74. The fourth-order valence-corrected chi connectivity index (χ4v) is 7.03. The molecule has 3 unspecified atom stereocenters. The van der Waals surface area contributed by atoms with Crippen molar-refractivity contribution in [2.45, 2.75) is 50.8 Å². The van der Waals surface area contributed by atoms with Gasteiger partial charge < -0.3 is 0 Å². The number of hydrogen-bond acceptors (Lipinski definition) is 0. The molecular formula is C18H21Cl3. The predicted octanol–water partition coefficient (Wildman–Crippen LogP) is 6.88. The Labute approximate surface area is 142 Å². The third-order valence-electron chi connectivity index (χ3n) is 6.17. The van der Waals surface area contributed by atoms with Crippen LogP contribution in [0.4, 0.5) is 0 Å². The minimum absolute atomic E-state index is 0.00563. The van der Waals surface area contributed by atoms with Gasteiger partial charge in [0.15, 0.2) is 0 Å². The van der Waals surface area contributed by atoms with E-state index in [-0.39, 0.29) is 10.8 Å². The van der Waals surface area contributed by atoms with Crippen LogP contribution in [0.1, 0.15) is 56.4 Å². The molecule has 0 N–H and O–H groups in total. The highest BCUT2D eigenvalue weighted by Gasteiger charge is 2.58. The first-order valence-corrected chi connectivity index (χ1v) is 9.17. The monoisotopic (exact) mass is 342 g/mol. The molecule has 1 aromatic carbocycles. The summed E-state index contributed by atoms with van der Waals surface area (Å²) in [4.78, 5) is 0. The van der Waals surface area contributed by atoms with Crippen LogP contribution in [0.25, 0.3) is 0 Å². The van der Waals surface area contributed by atoms with Gasteiger partial charge in [-0.25, -0.2) is 0 Å². The van der Waals surface area contributed by atoms with Crippen molar-refractivity contribution >= 4 is 34.8 Å². The maximum atomic E-state index is 7.02. The SMILES string of the molecule is CC12CC3CC(C1)CC(C(Cl)c1cc(Cl)ccc1Cl)(C3)C2. The molecule has 0 radical (unpaired) electrons. The molecule has 114 valence electrons. The summed E-state index contributed by atoms with van der Waals surface area (Å²) in [5.41, 5.74) is 1.77. The lowest BCUT2D eigenvalue weighted by molar-refractivity contribution is -0.103. The molecule has 0 heterocycles. The van der Waals surface area contributed by atoms with Crippen molar-refractivity contribution in [3.8, 4) is 0 Å². The predicted molar refractivity (Wildman–Crippen MR) is 90.3 cm³/mol. The van der Waals surface area contributed by atoms with Crippen LogP contribution in [0.5, 0.6) is 0 Å². The molecule has 0 amide bonds. The minimum Gasteiger partial charge on any atom is -0.117 e. The molecule has 4 aliphatic carbocycles. The van der Waals surface area contributed by atoms with E-state index in [0.29, 0.717) is 5.41 Å². The van der Waals surface area contributed by atoms with Crippen molar-refractivity contribution in [1.29, 1.82) is 0 Å². The summed E-state index contributed by atoms with van der Waals surface area (Å²) in [6, 6.07) is 5.71. The largest absolute Gasteiger partial charge is 0.117 e. The third kappa shape index (κ3) is 2.33. The van der Waals surface area contributed by atoms with E-state index >= 15 is 0 Å². The van der Waals surface area contributed by atoms with E-state index in [1.165, 1.54) is 38.5 Å². The number of hydrogen-bond donors (Lipinski definition) is 0. The molecule has 0 saturated heterocycles. The van der Waals surface area contributed by atoms with Crippen molar-refractivity contribution in [3.05, 3.63) is 33.8 Å². The Morgan fingerprint density at radius 2 is 1.76 bits per heavy atom. The Bertz CT molecular complexity index is 566. The second kappa shape index (κ2) is 4.79. The molecule has 0 aromatic heterocycles. The van der Waals surface area contributed by atoms with Gasteiger partial charge in [-0.3, -0.25) is 0 Å². The lowest BCUT2D eigenvalue weighted by Crippen LogP contribution is -2.52. The van der Waals surface area contributed by atoms with E-state index in [1.807, 2.05) is 18.2 Å². The third-order valence-corrected chi connectivity index (χ3v) is 7.44. The Kier molecular flexibility index (Phi) is 3.35. The van der Waals surface area contributed by atoms with Gasteiger partial charge in [-0.05, 0) is 85.0 Å². The molecule has 0 spiro atoms. The van der Waals surface area contributed by atoms with E-state index < -0.39 is 0 Å². The standard InChI is InChI=1S/C18H21Cl3/c1-17-6-11-4-12(7-17)9-18(8-11,10-17)16(21)14-5-13(19)2-3-15(14)20/h2-3,5,11-12,16H,4,6-10H2,1H3. The molecule has 4 fully saturated rings. The highest BCUT2D eigenvalue weighted by Crippen LogP contribution is 2.69. The van der Waals surface area contributed by atoms with Crippen LogP contribution in [-0.4, -0.2) is 0 Å². The number of benzene rings is 1. The Morgan fingerprint density at radius 1 is 1.10 bits per heavy atom. The average Bonchev–Trinajstić information content (AvgIpc) is 2.38. The molecule has 4 aliphatic rings. The summed E-state index contributed by atoms with van der Waals surface area (Å²) in [6.07, 6.45) is 8.02. The van der Waals surface area contributed by atoms with Gasteiger partial charge in [0, 0.05) is 10.0 Å². The summed E-state index contributed by atoms with van der Waals surface area (Å²) >= 11 is 19.6. The molecule has 3 heteroatoms. The van der Waals surface area contributed by atoms with Crippen molar-refractivity contribution in [3.63, 3.8) is 0 Å².